The highest BCUT2D eigenvalue weighted by molar-refractivity contribution is 5.04. The molecule has 2 radical (unpaired) electrons. The van der Waals surface area contributed by atoms with E-state index in [1.807, 2.05) is 0 Å². The number of halogens is 3. The Morgan fingerprint density at radius 2 is 1.67 bits per heavy atom. The van der Waals surface area contributed by atoms with Crippen LogP contribution < -0.4 is 0 Å². The largest absolute Gasteiger partial charge is 0.206 e. The molecule has 0 aliphatic carbocycles. The van der Waals surface area contributed by atoms with E-state index in [4.69, 9.17) is 1.37 Å². The van der Waals surface area contributed by atoms with Crippen LogP contribution in [0.3, 0.4) is 0 Å². The number of rotatable bonds is 0. The molecule has 3 heteroatoms. The molecular weight excluding hydrogens is 129 g/mol. The molecule has 0 saturated carbocycles. The lowest BCUT2D eigenvalue weighted by atomic mass is 10.3. The molecule has 1 aromatic rings. The van der Waals surface area contributed by atoms with Crippen molar-refractivity contribution in [2.45, 2.75) is 0 Å². The van der Waals surface area contributed by atoms with Crippen molar-refractivity contribution in [3.8, 4) is 0 Å². The maximum Gasteiger partial charge on any atom is 0.145 e. The Morgan fingerprint density at radius 1 is 1.22 bits per heavy atom. The van der Waals surface area contributed by atoms with Crippen LogP contribution in [-0.4, -0.2) is 0 Å². The summed E-state index contributed by atoms with van der Waals surface area (Å²) >= 11 is 0. The van der Waals surface area contributed by atoms with Gasteiger partial charge in [-0.25, -0.2) is 13.2 Å². The quantitative estimate of drug-likeness (QED) is 0.502. The van der Waals surface area contributed by atoms with Gasteiger partial charge in [0.05, 0.1) is 13.5 Å². The van der Waals surface area contributed by atoms with Crippen LogP contribution in [0, 0.1) is 29.6 Å². The molecule has 0 aromatic heterocycles. The highest BCUT2D eigenvalue weighted by atomic mass is 19.1. The summed E-state index contributed by atoms with van der Waals surface area (Å²) in [5.41, 5.74) is 0. The molecule has 0 spiro atoms. The molecule has 0 aliphatic heterocycles. The molecular formula is C6HF3. The third-order valence-corrected chi connectivity index (χ3v) is 0.658. The Bertz CT molecular complexity index is 236. The van der Waals surface area contributed by atoms with Gasteiger partial charge in [0.2, 0.25) is 0 Å². The van der Waals surface area contributed by atoms with Crippen molar-refractivity contribution in [3.63, 3.8) is 0 Å². The summed E-state index contributed by atoms with van der Waals surface area (Å²) in [6.45, 7) is 0. The van der Waals surface area contributed by atoms with Crippen molar-refractivity contribution in [3.05, 3.63) is 35.6 Å². The fourth-order valence-electron chi connectivity index (χ4n) is 0.383. The van der Waals surface area contributed by atoms with E-state index >= 15 is 0 Å². The van der Waals surface area contributed by atoms with Gasteiger partial charge in [0.15, 0.2) is 0 Å². The first kappa shape index (κ1) is 4.85. The highest BCUT2D eigenvalue weighted by Crippen LogP contribution is 2.03. The van der Waals surface area contributed by atoms with E-state index < -0.39 is 23.5 Å². The van der Waals surface area contributed by atoms with Crippen LogP contribution in [0.1, 0.15) is 1.37 Å². The van der Waals surface area contributed by atoms with Crippen LogP contribution in [0.4, 0.5) is 13.2 Å². The molecule has 0 amide bonds. The summed E-state index contributed by atoms with van der Waals surface area (Å²) in [5.74, 6) is -3.94. The Labute approximate surface area is 51.3 Å². The second kappa shape index (κ2) is 2.09. The van der Waals surface area contributed by atoms with Gasteiger partial charge in [-0.2, -0.15) is 0 Å². The summed E-state index contributed by atoms with van der Waals surface area (Å²) in [7, 11) is 0. The van der Waals surface area contributed by atoms with Crippen molar-refractivity contribution >= 4 is 0 Å². The van der Waals surface area contributed by atoms with E-state index in [9.17, 15) is 13.2 Å². The molecule has 9 heavy (non-hydrogen) atoms. The van der Waals surface area contributed by atoms with Gasteiger partial charge in [-0.15, -0.1) is 0 Å². The zero-order valence-electron chi connectivity index (χ0n) is 5.13. The van der Waals surface area contributed by atoms with E-state index in [0.29, 0.717) is 0 Å². The van der Waals surface area contributed by atoms with E-state index in [1.165, 1.54) is 12.1 Å². The fourth-order valence-corrected chi connectivity index (χ4v) is 0.383. The summed E-state index contributed by atoms with van der Waals surface area (Å²) in [4.78, 5) is 0. The maximum absolute atomic E-state index is 12.1. The van der Waals surface area contributed by atoms with Crippen LogP contribution >= 0.6 is 0 Å². The average molecular weight is 131 g/mol. The predicted molar refractivity (Wildman–Crippen MR) is 24.0 cm³/mol. The van der Waals surface area contributed by atoms with Gasteiger partial charge in [0.1, 0.15) is 17.5 Å². The first-order valence-electron chi connectivity index (χ1n) is 2.57. The maximum atomic E-state index is 12.1. The van der Waals surface area contributed by atoms with Gasteiger partial charge in [0, 0.05) is 6.04 Å². The molecule has 46 valence electrons. The third kappa shape index (κ3) is 1.45. The smallest absolute Gasteiger partial charge is 0.145 e. The van der Waals surface area contributed by atoms with Gasteiger partial charge < -0.3 is 0 Å². The Balaban J connectivity index is 3.31. The molecule has 0 saturated heterocycles. The first-order chi connectivity index (χ1) is 4.61. The van der Waals surface area contributed by atoms with Crippen molar-refractivity contribution < 1.29 is 14.5 Å². The standard InChI is InChI=1S/C6HF3/c7-4-1-5(8)3-6(9)2-4/h1H/i1D. The summed E-state index contributed by atoms with van der Waals surface area (Å²) in [6.07, 6.45) is 0. The van der Waals surface area contributed by atoms with Crippen molar-refractivity contribution in [2.24, 2.45) is 0 Å². The van der Waals surface area contributed by atoms with Crippen molar-refractivity contribution in [2.75, 3.05) is 0 Å². The van der Waals surface area contributed by atoms with Crippen LogP contribution in [0.5, 0.6) is 0 Å². The minimum Gasteiger partial charge on any atom is -0.206 e. The van der Waals surface area contributed by atoms with Crippen LogP contribution in [0.15, 0.2) is 6.04 Å². The fraction of sp³-hybridized carbons (Fsp3) is 0. The second-order valence-corrected chi connectivity index (χ2v) is 1.32. The van der Waals surface area contributed by atoms with Gasteiger partial charge in [-0.1, -0.05) is 0 Å². The summed E-state index contributed by atoms with van der Waals surface area (Å²) in [5, 5.41) is 0. The molecule has 0 fully saturated rings. The van der Waals surface area contributed by atoms with E-state index in [0.717, 1.165) is 0 Å². The molecule has 0 N–H and O–H groups in total. The number of hydrogen-bond acceptors (Lipinski definition) is 0. The summed E-state index contributed by atoms with van der Waals surface area (Å²) in [6, 6.07) is 1.91. The highest BCUT2D eigenvalue weighted by Gasteiger charge is 1.98. The van der Waals surface area contributed by atoms with E-state index in [-0.39, 0.29) is 0 Å². The van der Waals surface area contributed by atoms with Crippen LogP contribution in [0.25, 0.3) is 0 Å². The predicted octanol–water partition coefficient (Wildman–Crippen LogP) is 1.70. The Morgan fingerprint density at radius 3 is 2.11 bits per heavy atom. The SMILES string of the molecule is [2H]c1c(F)[c]c(F)[c]c1F. The number of hydrogen-bond donors (Lipinski definition) is 0. The summed E-state index contributed by atoms with van der Waals surface area (Å²) < 4.78 is 42.7. The third-order valence-electron chi connectivity index (χ3n) is 0.658. The zero-order valence-corrected chi connectivity index (χ0v) is 4.13. The van der Waals surface area contributed by atoms with Gasteiger partial charge in [-0.3, -0.25) is 0 Å². The van der Waals surface area contributed by atoms with Crippen molar-refractivity contribution in [1.29, 1.82) is 0 Å². The molecule has 0 heterocycles. The van der Waals surface area contributed by atoms with Gasteiger partial charge in [-0.05, 0) is 0 Å². The topological polar surface area (TPSA) is 0 Å². The molecule has 0 nitrogen and oxygen atoms in total. The van der Waals surface area contributed by atoms with Crippen molar-refractivity contribution in [1.82, 2.24) is 0 Å². The lowest BCUT2D eigenvalue weighted by molar-refractivity contribution is 0.538. The number of benzene rings is 1. The minimum atomic E-state index is -1.34. The molecule has 0 unspecified atom stereocenters. The second-order valence-electron chi connectivity index (χ2n) is 1.32. The Kier molecular flexibility index (Phi) is 1.13. The van der Waals surface area contributed by atoms with E-state index in [2.05, 4.69) is 0 Å². The monoisotopic (exact) mass is 131 g/mol. The Hall–Kier alpha value is -0.990. The van der Waals surface area contributed by atoms with Gasteiger partial charge >= 0.3 is 0 Å². The minimum absolute atomic E-state index is 1.01. The molecule has 1 aromatic carbocycles. The first-order valence-corrected chi connectivity index (χ1v) is 2.07. The average Bonchev–Trinajstić information content (AvgIpc) is 1.82. The molecule has 0 bridgehead atoms. The zero-order chi connectivity index (χ0) is 7.72. The van der Waals surface area contributed by atoms with E-state index in [1.54, 1.807) is 0 Å². The molecule has 0 atom stereocenters. The lowest BCUT2D eigenvalue weighted by Crippen LogP contribution is -1.82. The van der Waals surface area contributed by atoms with Crippen LogP contribution in [0.2, 0.25) is 0 Å². The normalized spacial score (nSPS) is 11.2. The lowest BCUT2D eigenvalue weighted by Gasteiger charge is -1.86. The molecule has 1 rings (SSSR count). The molecule has 0 aliphatic rings. The van der Waals surface area contributed by atoms with Gasteiger partial charge in [0.25, 0.3) is 0 Å². The van der Waals surface area contributed by atoms with Crippen LogP contribution in [-0.2, 0) is 0 Å².